The molecule has 0 bridgehead atoms. The topological polar surface area (TPSA) is 70.8 Å². The van der Waals surface area contributed by atoms with Gasteiger partial charge in [0, 0.05) is 18.7 Å². The van der Waals surface area contributed by atoms with Crippen molar-refractivity contribution in [1.29, 1.82) is 0 Å². The zero-order chi connectivity index (χ0) is 21.8. The second-order valence-corrected chi connectivity index (χ2v) is 7.31. The first-order valence-electron chi connectivity index (χ1n) is 10.0. The third-order valence-electron chi connectivity index (χ3n) is 5.26. The molecular formula is C25H22N2O4. The summed E-state index contributed by atoms with van der Waals surface area (Å²) in [4.78, 5) is 41.5. The van der Waals surface area contributed by atoms with Gasteiger partial charge in [0.25, 0.3) is 17.7 Å². The van der Waals surface area contributed by atoms with Crippen LogP contribution in [0.3, 0.4) is 0 Å². The van der Waals surface area contributed by atoms with Gasteiger partial charge in [-0.2, -0.15) is 0 Å². The van der Waals surface area contributed by atoms with E-state index in [1.807, 2.05) is 30.3 Å². The van der Waals surface area contributed by atoms with Crippen molar-refractivity contribution in [1.82, 2.24) is 9.80 Å². The highest BCUT2D eigenvalue weighted by Crippen LogP contribution is 2.26. The van der Waals surface area contributed by atoms with Crippen LogP contribution in [-0.4, -0.2) is 40.6 Å². The number of hydrogen-bond donors (Lipinski definition) is 0. The monoisotopic (exact) mass is 414 g/mol. The lowest BCUT2D eigenvalue weighted by Gasteiger charge is -2.21. The summed E-state index contributed by atoms with van der Waals surface area (Å²) in [5, 5.41) is 0. The molecule has 0 spiro atoms. The van der Waals surface area contributed by atoms with E-state index in [1.165, 1.54) is 12.3 Å². The Morgan fingerprint density at radius 3 is 2.48 bits per heavy atom. The standard InChI is InChI=1S/C25H22N2O4/c1-2-13-26(14-12-18-7-4-3-5-8-18)23(28)19-10-11-21-22(16-19)25(30)27(24(21)29)17-20-9-6-15-31-20/h2-11,15-16H,1,12-14,17H2. The van der Waals surface area contributed by atoms with Gasteiger partial charge in [-0.05, 0) is 42.3 Å². The van der Waals surface area contributed by atoms with Gasteiger partial charge in [0.05, 0.1) is 23.9 Å². The summed E-state index contributed by atoms with van der Waals surface area (Å²) >= 11 is 0. The molecule has 1 aromatic heterocycles. The summed E-state index contributed by atoms with van der Waals surface area (Å²) in [5.74, 6) is -0.500. The van der Waals surface area contributed by atoms with Gasteiger partial charge in [-0.1, -0.05) is 36.4 Å². The van der Waals surface area contributed by atoms with Gasteiger partial charge in [-0.25, -0.2) is 0 Å². The van der Waals surface area contributed by atoms with Crippen molar-refractivity contribution in [2.45, 2.75) is 13.0 Å². The number of carbonyl (C=O) groups excluding carboxylic acids is 3. The number of rotatable bonds is 8. The Balaban J connectivity index is 1.53. The first-order valence-corrected chi connectivity index (χ1v) is 10.0. The van der Waals surface area contributed by atoms with E-state index >= 15 is 0 Å². The van der Waals surface area contributed by atoms with Crippen LogP contribution in [0.5, 0.6) is 0 Å². The van der Waals surface area contributed by atoms with Gasteiger partial charge in [-0.3, -0.25) is 19.3 Å². The minimum absolute atomic E-state index is 0.0578. The molecule has 156 valence electrons. The highest BCUT2D eigenvalue weighted by atomic mass is 16.3. The zero-order valence-corrected chi connectivity index (χ0v) is 17.0. The molecule has 0 radical (unpaired) electrons. The molecule has 3 amide bonds. The number of hydrogen-bond acceptors (Lipinski definition) is 4. The van der Waals surface area contributed by atoms with Crippen molar-refractivity contribution in [2.24, 2.45) is 0 Å². The summed E-state index contributed by atoms with van der Waals surface area (Å²) in [5.41, 5.74) is 2.04. The number of imide groups is 1. The Morgan fingerprint density at radius 1 is 1.00 bits per heavy atom. The maximum Gasteiger partial charge on any atom is 0.261 e. The van der Waals surface area contributed by atoms with Gasteiger partial charge >= 0.3 is 0 Å². The zero-order valence-electron chi connectivity index (χ0n) is 17.0. The first kappa shape index (κ1) is 20.3. The summed E-state index contributed by atoms with van der Waals surface area (Å²) < 4.78 is 5.26. The number of furan rings is 1. The Morgan fingerprint density at radius 2 is 1.77 bits per heavy atom. The van der Waals surface area contributed by atoms with Crippen LogP contribution >= 0.6 is 0 Å². The number of benzene rings is 2. The molecule has 2 aromatic carbocycles. The third-order valence-corrected chi connectivity index (χ3v) is 5.26. The molecule has 6 heteroatoms. The van der Waals surface area contributed by atoms with Crippen LogP contribution in [0.25, 0.3) is 0 Å². The largest absolute Gasteiger partial charge is 0.467 e. The Labute approximate surface area is 180 Å². The SMILES string of the molecule is C=CCN(CCc1ccccc1)C(=O)c1ccc2c(c1)C(=O)N(Cc1ccco1)C2=O. The molecule has 0 saturated heterocycles. The van der Waals surface area contributed by atoms with Crippen LogP contribution in [0.1, 0.15) is 42.4 Å². The number of nitrogens with zero attached hydrogens (tertiary/aromatic N) is 2. The molecule has 0 aliphatic carbocycles. The Bertz CT molecular complexity index is 1120. The summed E-state index contributed by atoms with van der Waals surface area (Å²) in [6, 6.07) is 18.0. The number of fused-ring (bicyclic) bond motifs is 1. The molecule has 6 nitrogen and oxygen atoms in total. The predicted octanol–water partition coefficient (Wildman–Crippen LogP) is 3.95. The van der Waals surface area contributed by atoms with E-state index in [0.717, 1.165) is 10.5 Å². The van der Waals surface area contributed by atoms with Crippen molar-refractivity contribution < 1.29 is 18.8 Å². The van der Waals surface area contributed by atoms with E-state index in [4.69, 9.17) is 4.42 Å². The summed E-state index contributed by atoms with van der Waals surface area (Å²) in [6.07, 6.45) is 3.88. The molecular weight excluding hydrogens is 392 g/mol. The molecule has 3 aromatic rings. The van der Waals surface area contributed by atoms with E-state index < -0.39 is 5.91 Å². The fourth-order valence-corrected chi connectivity index (χ4v) is 3.65. The number of amides is 3. The molecule has 0 unspecified atom stereocenters. The highest BCUT2D eigenvalue weighted by molar-refractivity contribution is 6.22. The molecule has 31 heavy (non-hydrogen) atoms. The second-order valence-electron chi connectivity index (χ2n) is 7.31. The minimum Gasteiger partial charge on any atom is -0.467 e. The molecule has 0 atom stereocenters. The summed E-state index contributed by atoms with van der Waals surface area (Å²) in [7, 11) is 0. The average molecular weight is 414 g/mol. The van der Waals surface area contributed by atoms with Crippen LogP contribution in [-0.2, 0) is 13.0 Å². The average Bonchev–Trinajstić information content (AvgIpc) is 3.39. The fraction of sp³-hybridized carbons (Fsp3) is 0.160. The van der Waals surface area contributed by atoms with Gasteiger partial charge in [0.15, 0.2) is 0 Å². The summed E-state index contributed by atoms with van der Waals surface area (Å²) in [6.45, 7) is 4.71. The van der Waals surface area contributed by atoms with Crippen molar-refractivity contribution in [3.8, 4) is 0 Å². The van der Waals surface area contributed by atoms with E-state index in [9.17, 15) is 14.4 Å². The molecule has 4 rings (SSSR count). The van der Waals surface area contributed by atoms with Crippen molar-refractivity contribution >= 4 is 17.7 Å². The minimum atomic E-state index is -0.425. The van der Waals surface area contributed by atoms with Gasteiger partial charge < -0.3 is 9.32 Å². The van der Waals surface area contributed by atoms with Gasteiger partial charge in [0.1, 0.15) is 5.76 Å². The second kappa shape index (κ2) is 8.83. The van der Waals surface area contributed by atoms with Gasteiger partial charge in [0.2, 0.25) is 0 Å². The lowest BCUT2D eigenvalue weighted by Crippen LogP contribution is -2.33. The smallest absolute Gasteiger partial charge is 0.261 e. The van der Waals surface area contributed by atoms with Crippen molar-refractivity contribution in [2.75, 3.05) is 13.1 Å². The normalized spacial score (nSPS) is 12.7. The van der Waals surface area contributed by atoms with Crippen LogP contribution in [0.15, 0.2) is 84.0 Å². The Kier molecular flexibility index (Phi) is 5.80. The number of carbonyl (C=O) groups is 3. The molecule has 1 aliphatic rings. The maximum absolute atomic E-state index is 13.1. The van der Waals surface area contributed by atoms with Crippen LogP contribution < -0.4 is 0 Å². The molecule has 2 heterocycles. The van der Waals surface area contributed by atoms with E-state index in [2.05, 4.69) is 6.58 Å². The molecule has 0 fully saturated rings. The van der Waals surface area contributed by atoms with Crippen LogP contribution in [0, 0.1) is 0 Å². The predicted molar refractivity (Wildman–Crippen MR) is 116 cm³/mol. The Hall–Kier alpha value is -3.93. The first-order chi connectivity index (χ1) is 15.1. The van der Waals surface area contributed by atoms with Crippen molar-refractivity contribution in [3.05, 3.63) is 108 Å². The molecule has 1 aliphatic heterocycles. The van der Waals surface area contributed by atoms with E-state index in [-0.39, 0.29) is 23.9 Å². The lowest BCUT2D eigenvalue weighted by molar-refractivity contribution is 0.0631. The lowest BCUT2D eigenvalue weighted by atomic mass is 10.0. The van der Waals surface area contributed by atoms with Crippen molar-refractivity contribution in [3.63, 3.8) is 0 Å². The van der Waals surface area contributed by atoms with E-state index in [1.54, 1.807) is 35.2 Å². The van der Waals surface area contributed by atoms with Gasteiger partial charge in [-0.15, -0.1) is 6.58 Å². The fourth-order valence-electron chi connectivity index (χ4n) is 3.65. The van der Waals surface area contributed by atoms with Crippen LogP contribution in [0.4, 0.5) is 0 Å². The third kappa shape index (κ3) is 4.19. The molecule has 0 saturated carbocycles. The van der Waals surface area contributed by atoms with E-state index in [0.29, 0.717) is 36.4 Å². The quantitative estimate of drug-likeness (QED) is 0.413. The van der Waals surface area contributed by atoms with Crippen LogP contribution in [0.2, 0.25) is 0 Å². The molecule has 0 N–H and O–H groups in total. The maximum atomic E-state index is 13.1. The highest BCUT2D eigenvalue weighted by Gasteiger charge is 2.36.